The smallest absolute Gasteiger partial charge is 0.127 e. The fourth-order valence-corrected chi connectivity index (χ4v) is 2.82. The number of nitrogens with zero attached hydrogens (tertiary/aromatic N) is 1. The number of rotatable bonds is 4. The van der Waals surface area contributed by atoms with Gasteiger partial charge in [0, 0.05) is 34.5 Å². The van der Waals surface area contributed by atoms with E-state index in [1.165, 1.54) is 10.9 Å². The molecule has 0 unspecified atom stereocenters. The maximum absolute atomic E-state index is 13.6. The van der Waals surface area contributed by atoms with Gasteiger partial charge in [-0.2, -0.15) is 0 Å². The van der Waals surface area contributed by atoms with Crippen molar-refractivity contribution in [2.75, 3.05) is 13.6 Å². The summed E-state index contributed by atoms with van der Waals surface area (Å²) in [4.78, 5) is 3.30. The Morgan fingerprint density at radius 2 is 2.10 bits per heavy atom. The standard InChI is InChI=1S/C16H17FN2S/c1-19(10-14-6-2-3-7-16(14)17)11-15-9-13(12-20-15)5-4-8-18/h2-3,6-7,9,12H,8,10-11,18H2,1H3. The summed E-state index contributed by atoms with van der Waals surface area (Å²) >= 11 is 1.66. The van der Waals surface area contributed by atoms with Crippen molar-refractivity contribution in [1.29, 1.82) is 0 Å². The van der Waals surface area contributed by atoms with Crippen LogP contribution in [0.25, 0.3) is 0 Å². The molecule has 1 aromatic heterocycles. The second kappa shape index (κ2) is 7.20. The third-order valence-corrected chi connectivity index (χ3v) is 3.73. The lowest BCUT2D eigenvalue weighted by molar-refractivity contribution is 0.316. The van der Waals surface area contributed by atoms with Gasteiger partial charge in [-0.1, -0.05) is 30.0 Å². The molecule has 2 aromatic rings. The van der Waals surface area contributed by atoms with Crippen molar-refractivity contribution >= 4 is 11.3 Å². The van der Waals surface area contributed by atoms with Gasteiger partial charge in [-0.05, 0) is 19.2 Å². The molecule has 0 spiro atoms. The summed E-state index contributed by atoms with van der Waals surface area (Å²) in [5.41, 5.74) is 7.06. The zero-order chi connectivity index (χ0) is 14.4. The van der Waals surface area contributed by atoms with Crippen LogP contribution >= 0.6 is 11.3 Å². The van der Waals surface area contributed by atoms with Crippen LogP contribution in [0.1, 0.15) is 16.0 Å². The first-order valence-corrected chi connectivity index (χ1v) is 7.25. The first-order chi connectivity index (χ1) is 9.69. The van der Waals surface area contributed by atoms with Crippen LogP contribution in [0.5, 0.6) is 0 Å². The molecule has 0 radical (unpaired) electrons. The zero-order valence-electron chi connectivity index (χ0n) is 11.4. The molecule has 2 rings (SSSR count). The molecule has 2 N–H and O–H groups in total. The van der Waals surface area contributed by atoms with Crippen LogP contribution in [0.2, 0.25) is 0 Å². The highest BCUT2D eigenvalue weighted by Crippen LogP contribution is 2.17. The summed E-state index contributed by atoms with van der Waals surface area (Å²) in [7, 11) is 1.98. The van der Waals surface area contributed by atoms with Crippen LogP contribution in [0.3, 0.4) is 0 Å². The van der Waals surface area contributed by atoms with Crippen LogP contribution in [0, 0.1) is 17.7 Å². The average molecular weight is 288 g/mol. The van der Waals surface area contributed by atoms with Gasteiger partial charge in [0.2, 0.25) is 0 Å². The van der Waals surface area contributed by atoms with Gasteiger partial charge in [0.15, 0.2) is 0 Å². The van der Waals surface area contributed by atoms with E-state index in [1.807, 2.05) is 24.6 Å². The number of thiophene rings is 1. The summed E-state index contributed by atoms with van der Waals surface area (Å²) in [5, 5.41) is 2.02. The quantitative estimate of drug-likeness (QED) is 0.877. The van der Waals surface area contributed by atoms with Crippen LogP contribution in [0.4, 0.5) is 4.39 Å². The van der Waals surface area contributed by atoms with Gasteiger partial charge in [-0.15, -0.1) is 11.3 Å². The second-order valence-electron chi connectivity index (χ2n) is 4.57. The van der Waals surface area contributed by atoms with Crippen LogP contribution < -0.4 is 5.73 Å². The predicted molar refractivity (Wildman–Crippen MR) is 81.8 cm³/mol. The topological polar surface area (TPSA) is 29.3 Å². The van der Waals surface area contributed by atoms with E-state index in [4.69, 9.17) is 5.73 Å². The molecule has 0 amide bonds. The molecular weight excluding hydrogens is 271 g/mol. The number of benzene rings is 1. The Hall–Kier alpha value is -1.67. The van der Waals surface area contributed by atoms with E-state index in [0.29, 0.717) is 13.1 Å². The van der Waals surface area contributed by atoms with Crippen molar-refractivity contribution in [2.24, 2.45) is 5.73 Å². The summed E-state index contributed by atoms with van der Waals surface area (Å²) < 4.78 is 13.6. The van der Waals surface area contributed by atoms with Crippen molar-refractivity contribution in [3.05, 3.63) is 57.5 Å². The molecule has 1 aromatic carbocycles. The van der Waals surface area contributed by atoms with Crippen molar-refractivity contribution < 1.29 is 4.39 Å². The predicted octanol–water partition coefficient (Wildman–Crippen LogP) is 2.83. The molecule has 0 bridgehead atoms. The van der Waals surface area contributed by atoms with Crippen LogP contribution in [-0.4, -0.2) is 18.5 Å². The van der Waals surface area contributed by atoms with E-state index in [0.717, 1.165) is 17.7 Å². The molecule has 0 aliphatic carbocycles. The highest BCUT2D eigenvalue weighted by atomic mass is 32.1. The zero-order valence-corrected chi connectivity index (χ0v) is 12.2. The van der Waals surface area contributed by atoms with E-state index in [9.17, 15) is 4.39 Å². The van der Waals surface area contributed by atoms with E-state index in [-0.39, 0.29) is 5.82 Å². The molecule has 0 aliphatic rings. The number of nitrogens with two attached hydrogens (primary N) is 1. The lowest BCUT2D eigenvalue weighted by Crippen LogP contribution is -2.17. The highest BCUT2D eigenvalue weighted by molar-refractivity contribution is 7.10. The summed E-state index contributed by atoms with van der Waals surface area (Å²) in [6, 6.07) is 8.94. The van der Waals surface area contributed by atoms with Gasteiger partial charge < -0.3 is 5.73 Å². The fourth-order valence-electron chi connectivity index (χ4n) is 1.92. The van der Waals surface area contributed by atoms with Gasteiger partial charge in [0.05, 0.1) is 6.54 Å². The molecule has 0 fully saturated rings. The fraction of sp³-hybridized carbons (Fsp3) is 0.250. The van der Waals surface area contributed by atoms with Crippen LogP contribution in [0.15, 0.2) is 35.7 Å². The number of halogens is 1. The van der Waals surface area contributed by atoms with Crippen molar-refractivity contribution in [3.63, 3.8) is 0 Å². The SMILES string of the molecule is CN(Cc1cc(C#CCN)cs1)Cc1ccccc1F. The van der Waals surface area contributed by atoms with Crippen molar-refractivity contribution in [3.8, 4) is 11.8 Å². The number of hydrogen-bond donors (Lipinski definition) is 1. The van der Waals surface area contributed by atoms with Gasteiger partial charge in [-0.25, -0.2) is 4.39 Å². The second-order valence-corrected chi connectivity index (χ2v) is 5.57. The molecule has 0 saturated heterocycles. The molecule has 4 heteroatoms. The Morgan fingerprint density at radius 3 is 2.85 bits per heavy atom. The lowest BCUT2D eigenvalue weighted by atomic mass is 10.2. The minimum atomic E-state index is -0.153. The van der Waals surface area contributed by atoms with Crippen molar-refractivity contribution in [2.45, 2.75) is 13.1 Å². The summed E-state index contributed by atoms with van der Waals surface area (Å²) in [6.07, 6.45) is 0. The third-order valence-electron chi connectivity index (χ3n) is 2.81. The van der Waals surface area contributed by atoms with E-state index in [1.54, 1.807) is 17.4 Å². The summed E-state index contributed by atoms with van der Waals surface area (Å²) in [5.74, 6) is 5.70. The average Bonchev–Trinajstić information content (AvgIpc) is 2.86. The largest absolute Gasteiger partial charge is 0.320 e. The van der Waals surface area contributed by atoms with E-state index >= 15 is 0 Å². The minimum Gasteiger partial charge on any atom is -0.320 e. The van der Waals surface area contributed by atoms with Gasteiger partial charge >= 0.3 is 0 Å². The molecule has 0 saturated carbocycles. The maximum atomic E-state index is 13.6. The molecule has 104 valence electrons. The first kappa shape index (κ1) is 14.7. The maximum Gasteiger partial charge on any atom is 0.127 e. The van der Waals surface area contributed by atoms with Crippen LogP contribution in [-0.2, 0) is 13.1 Å². The normalized spacial score (nSPS) is 10.4. The molecule has 1 heterocycles. The Bertz CT molecular complexity index is 625. The summed E-state index contributed by atoms with van der Waals surface area (Å²) in [6.45, 7) is 1.75. The molecule has 20 heavy (non-hydrogen) atoms. The van der Waals surface area contributed by atoms with Crippen molar-refractivity contribution in [1.82, 2.24) is 4.90 Å². The monoisotopic (exact) mass is 288 g/mol. The van der Waals surface area contributed by atoms with Gasteiger partial charge in [0.1, 0.15) is 5.82 Å². The van der Waals surface area contributed by atoms with Gasteiger partial charge in [-0.3, -0.25) is 4.90 Å². The minimum absolute atomic E-state index is 0.153. The molecule has 0 aliphatic heterocycles. The Labute approximate surface area is 123 Å². The molecule has 0 atom stereocenters. The highest BCUT2D eigenvalue weighted by Gasteiger charge is 2.07. The number of hydrogen-bond acceptors (Lipinski definition) is 3. The third kappa shape index (κ3) is 4.17. The van der Waals surface area contributed by atoms with Gasteiger partial charge in [0.25, 0.3) is 0 Å². The Morgan fingerprint density at radius 1 is 1.30 bits per heavy atom. The molecular formula is C16H17FN2S. The van der Waals surface area contributed by atoms with E-state index in [2.05, 4.69) is 22.8 Å². The first-order valence-electron chi connectivity index (χ1n) is 6.37. The molecule has 2 nitrogen and oxygen atoms in total. The Kier molecular flexibility index (Phi) is 5.31. The van der Waals surface area contributed by atoms with E-state index < -0.39 is 0 Å². The lowest BCUT2D eigenvalue weighted by Gasteiger charge is -2.15. The Balaban J connectivity index is 1.96.